The molecule has 3 nitrogen and oxygen atoms in total. The Bertz CT molecular complexity index is 611. The number of hydrogen-bond donors (Lipinski definition) is 2. The fourth-order valence-electron chi connectivity index (χ4n) is 2.22. The van der Waals surface area contributed by atoms with Crippen molar-refractivity contribution in [3.8, 4) is 5.75 Å². The molecule has 0 atom stereocenters. The third-order valence-corrected chi connectivity index (χ3v) is 3.74. The molecule has 0 aromatic heterocycles. The highest BCUT2D eigenvalue weighted by molar-refractivity contribution is 7.80. The fraction of sp³-hybridized carbons (Fsp3) is 0.278. The van der Waals surface area contributed by atoms with Crippen LogP contribution in [0.5, 0.6) is 5.75 Å². The maximum atomic E-state index is 5.34. The largest absolute Gasteiger partial charge is 0.496 e. The van der Waals surface area contributed by atoms with Crippen molar-refractivity contribution in [1.82, 2.24) is 5.32 Å². The van der Waals surface area contributed by atoms with Crippen LogP contribution in [0.15, 0.2) is 48.5 Å². The second-order valence-corrected chi connectivity index (χ2v) is 5.40. The minimum absolute atomic E-state index is 0.638. The summed E-state index contributed by atoms with van der Waals surface area (Å²) in [7, 11) is 1.69. The van der Waals surface area contributed by atoms with Crippen LogP contribution in [-0.2, 0) is 12.8 Å². The van der Waals surface area contributed by atoms with Gasteiger partial charge in [0, 0.05) is 12.2 Å². The summed E-state index contributed by atoms with van der Waals surface area (Å²) in [5.41, 5.74) is 3.50. The van der Waals surface area contributed by atoms with Gasteiger partial charge in [-0.15, -0.1) is 0 Å². The monoisotopic (exact) mass is 314 g/mol. The lowest BCUT2D eigenvalue weighted by Crippen LogP contribution is -2.30. The molecule has 0 heterocycles. The first-order valence-corrected chi connectivity index (χ1v) is 7.89. The summed E-state index contributed by atoms with van der Waals surface area (Å²) in [6, 6.07) is 16.4. The van der Waals surface area contributed by atoms with E-state index in [9.17, 15) is 0 Å². The van der Waals surface area contributed by atoms with Crippen molar-refractivity contribution in [3.05, 3.63) is 59.7 Å². The third-order valence-electron chi connectivity index (χ3n) is 3.49. The Morgan fingerprint density at radius 1 is 1.09 bits per heavy atom. The van der Waals surface area contributed by atoms with Gasteiger partial charge in [0.15, 0.2) is 5.11 Å². The molecule has 2 aromatic rings. The smallest absolute Gasteiger partial charge is 0.170 e. The van der Waals surface area contributed by atoms with Gasteiger partial charge in [0.25, 0.3) is 0 Å². The minimum atomic E-state index is 0.638. The van der Waals surface area contributed by atoms with Gasteiger partial charge in [0.05, 0.1) is 7.11 Å². The van der Waals surface area contributed by atoms with E-state index in [0.29, 0.717) is 5.11 Å². The van der Waals surface area contributed by atoms with Crippen molar-refractivity contribution in [1.29, 1.82) is 0 Å². The van der Waals surface area contributed by atoms with Crippen LogP contribution in [0.1, 0.15) is 18.1 Å². The van der Waals surface area contributed by atoms with Crippen molar-refractivity contribution < 1.29 is 4.74 Å². The van der Waals surface area contributed by atoms with Gasteiger partial charge < -0.3 is 15.4 Å². The van der Waals surface area contributed by atoms with Crippen LogP contribution in [0.25, 0.3) is 0 Å². The number of nitrogens with one attached hydrogen (secondary N) is 2. The molecule has 0 bridgehead atoms. The molecule has 0 aliphatic carbocycles. The first-order chi connectivity index (χ1) is 10.7. The van der Waals surface area contributed by atoms with Gasteiger partial charge in [0.1, 0.15) is 5.75 Å². The number of anilines is 1. The quantitative estimate of drug-likeness (QED) is 0.795. The van der Waals surface area contributed by atoms with E-state index in [-0.39, 0.29) is 0 Å². The number of rotatable bonds is 6. The van der Waals surface area contributed by atoms with Crippen molar-refractivity contribution in [3.63, 3.8) is 0 Å². The summed E-state index contributed by atoms with van der Waals surface area (Å²) in [6.07, 6.45) is 1.91. The maximum absolute atomic E-state index is 5.34. The standard InChI is InChI=1S/C18H22N2OS/c1-3-14-8-10-16(11-9-14)20-18(22)19-13-12-15-6-4-5-7-17(15)21-2/h4-11H,3,12-13H2,1-2H3,(H2,19,20,22). The molecule has 4 heteroatoms. The number of thiocarbonyl (C=S) groups is 1. The molecule has 0 saturated heterocycles. The average molecular weight is 314 g/mol. The van der Waals surface area contributed by atoms with Gasteiger partial charge in [-0.05, 0) is 54.4 Å². The van der Waals surface area contributed by atoms with E-state index in [0.717, 1.165) is 30.8 Å². The first kappa shape index (κ1) is 16.3. The summed E-state index contributed by atoms with van der Waals surface area (Å²) in [6.45, 7) is 2.91. The van der Waals surface area contributed by atoms with E-state index in [1.54, 1.807) is 7.11 Å². The number of benzene rings is 2. The zero-order valence-corrected chi connectivity index (χ0v) is 13.9. The van der Waals surface area contributed by atoms with Crippen molar-refractivity contribution in [2.45, 2.75) is 19.8 Å². The van der Waals surface area contributed by atoms with Gasteiger partial charge in [0.2, 0.25) is 0 Å². The highest BCUT2D eigenvalue weighted by Gasteiger charge is 2.02. The Balaban J connectivity index is 1.80. The Labute approximate surface area is 137 Å². The molecule has 22 heavy (non-hydrogen) atoms. The molecule has 0 unspecified atom stereocenters. The maximum Gasteiger partial charge on any atom is 0.170 e. The number of hydrogen-bond acceptors (Lipinski definition) is 2. The van der Waals surface area contributed by atoms with Crippen molar-refractivity contribution >= 4 is 23.0 Å². The summed E-state index contributed by atoms with van der Waals surface area (Å²) in [4.78, 5) is 0. The summed E-state index contributed by atoms with van der Waals surface area (Å²) in [5.74, 6) is 0.915. The molecule has 0 fully saturated rings. The van der Waals surface area contributed by atoms with Crippen LogP contribution in [0.2, 0.25) is 0 Å². The molecule has 2 N–H and O–H groups in total. The summed E-state index contributed by atoms with van der Waals surface area (Å²) < 4.78 is 5.34. The number of para-hydroxylation sites is 1. The zero-order chi connectivity index (χ0) is 15.8. The Kier molecular flexibility index (Phi) is 6.22. The molecule has 0 spiro atoms. The predicted molar refractivity (Wildman–Crippen MR) is 96.7 cm³/mol. The topological polar surface area (TPSA) is 33.3 Å². The van der Waals surface area contributed by atoms with Crippen LogP contribution >= 0.6 is 12.2 Å². The number of methoxy groups -OCH3 is 1. The number of aryl methyl sites for hydroxylation is 1. The van der Waals surface area contributed by atoms with E-state index in [2.05, 4.69) is 35.8 Å². The van der Waals surface area contributed by atoms with Crippen molar-refractivity contribution in [2.24, 2.45) is 0 Å². The summed E-state index contributed by atoms with van der Waals surface area (Å²) in [5, 5.41) is 7.06. The van der Waals surface area contributed by atoms with Gasteiger partial charge in [-0.25, -0.2) is 0 Å². The molecule has 116 valence electrons. The average Bonchev–Trinajstić information content (AvgIpc) is 2.56. The van der Waals surface area contributed by atoms with Crippen LogP contribution in [0.4, 0.5) is 5.69 Å². The van der Waals surface area contributed by atoms with E-state index in [1.807, 2.05) is 30.3 Å². The lowest BCUT2D eigenvalue weighted by molar-refractivity contribution is 0.409. The minimum Gasteiger partial charge on any atom is -0.496 e. The van der Waals surface area contributed by atoms with E-state index in [1.165, 1.54) is 11.1 Å². The van der Waals surface area contributed by atoms with Crippen LogP contribution in [-0.4, -0.2) is 18.8 Å². The molecule has 0 radical (unpaired) electrons. The van der Waals surface area contributed by atoms with Crippen LogP contribution < -0.4 is 15.4 Å². The van der Waals surface area contributed by atoms with Gasteiger partial charge in [-0.3, -0.25) is 0 Å². The molecule has 2 aromatic carbocycles. The molecular weight excluding hydrogens is 292 g/mol. The second-order valence-electron chi connectivity index (χ2n) is 4.99. The van der Waals surface area contributed by atoms with Gasteiger partial charge in [-0.1, -0.05) is 37.3 Å². The molecule has 2 rings (SSSR count). The first-order valence-electron chi connectivity index (χ1n) is 7.48. The lowest BCUT2D eigenvalue weighted by Gasteiger charge is -2.12. The molecule has 0 aliphatic rings. The lowest BCUT2D eigenvalue weighted by atomic mass is 10.1. The molecular formula is C18H22N2OS. The highest BCUT2D eigenvalue weighted by Crippen LogP contribution is 2.17. The van der Waals surface area contributed by atoms with Gasteiger partial charge in [-0.2, -0.15) is 0 Å². The summed E-state index contributed by atoms with van der Waals surface area (Å²) >= 11 is 5.32. The number of ether oxygens (including phenoxy) is 1. The van der Waals surface area contributed by atoms with E-state index >= 15 is 0 Å². The fourth-order valence-corrected chi connectivity index (χ4v) is 2.44. The van der Waals surface area contributed by atoms with Gasteiger partial charge >= 0.3 is 0 Å². The van der Waals surface area contributed by atoms with E-state index in [4.69, 9.17) is 17.0 Å². The zero-order valence-electron chi connectivity index (χ0n) is 13.1. The van der Waals surface area contributed by atoms with Crippen LogP contribution in [0, 0.1) is 0 Å². The van der Waals surface area contributed by atoms with Crippen LogP contribution in [0.3, 0.4) is 0 Å². The van der Waals surface area contributed by atoms with E-state index < -0.39 is 0 Å². The second kappa shape index (κ2) is 8.39. The molecule has 0 aliphatic heterocycles. The molecule has 0 amide bonds. The normalized spacial score (nSPS) is 10.1. The Morgan fingerprint density at radius 2 is 1.82 bits per heavy atom. The predicted octanol–water partition coefficient (Wildman–Crippen LogP) is 3.79. The van der Waals surface area contributed by atoms with Crippen molar-refractivity contribution in [2.75, 3.05) is 19.0 Å². The SMILES string of the molecule is CCc1ccc(NC(=S)NCCc2ccccc2OC)cc1. The highest BCUT2D eigenvalue weighted by atomic mass is 32.1. The Morgan fingerprint density at radius 3 is 2.50 bits per heavy atom. The Hall–Kier alpha value is -2.07. The third kappa shape index (κ3) is 4.74. The molecule has 0 saturated carbocycles.